The van der Waals surface area contributed by atoms with Crippen LogP contribution < -0.4 is 10.1 Å². The van der Waals surface area contributed by atoms with E-state index in [1.165, 1.54) is 0 Å². The Hall–Kier alpha value is -1.79. The lowest BCUT2D eigenvalue weighted by atomic mass is 10.2. The van der Waals surface area contributed by atoms with E-state index in [0.717, 1.165) is 5.56 Å². The van der Waals surface area contributed by atoms with Gasteiger partial charge < -0.3 is 10.1 Å². The molecule has 1 aromatic heterocycles. The summed E-state index contributed by atoms with van der Waals surface area (Å²) in [6.45, 7) is 7.03. The Morgan fingerprint density at radius 3 is 2.95 bits per heavy atom. The Kier molecular flexibility index (Phi) is 5.41. The van der Waals surface area contributed by atoms with Crippen molar-refractivity contribution in [2.45, 2.75) is 20.0 Å². The van der Waals surface area contributed by atoms with Gasteiger partial charge in [-0.25, -0.2) is 4.68 Å². The lowest BCUT2D eigenvalue weighted by Crippen LogP contribution is -2.09. The minimum absolute atomic E-state index is 0.438. The van der Waals surface area contributed by atoms with Gasteiger partial charge in [-0.05, 0) is 29.5 Å². The molecule has 21 heavy (non-hydrogen) atoms. The first-order chi connectivity index (χ1) is 10.2. The second kappa shape index (κ2) is 7.28. The molecule has 0 spiro atoms. The standard InChI is InChI=1S/C13H15Cl2N5O/c1-3-5-20-13(17-18-19-20)16-8-9-6-10(14)7-11(15)12(9)21-4-2/h3,6-7H,1,4-5,8H2,2H3,(H,16,17,19). The van der Waals surface area contributed by atoms with Crippen LogP contribution in [0.1, 0.15) is 12.5 Å². The van der Waals surface area contributed by atoms with Gasteiger partial charge in [0.25, 0.3) is 0 Å². The van der Waals surface area contributed by atoms with Crippen LogP contribution in [-0.2, 0) is 13.1 Å². The molecule has 6 nitrogen and oxygen atoms in total. The number of ether oxygens (including phenoxy) is 1. The van der Waals surface area contributed by atoms with Crippen molar-refractivity contribution in [2.24, 2.45) is 0 Å². The van der Waals surface area contributed by atoms with E-state index in [2.05, 4.69) is 27.4 Å². The fraction of sp³-hybridized carbons (Fsp3) is 0.308. The van der Waals surface area contributed by atoms with Crippen LogP contribution in [0.5, 0.6) is 5.75 Å². The van der Waals surface area contributed by atoms with Crippen LogP contribution >= 0.6 is 23.2 Å². The van der Waals surface area contributed by atoms with Gasteiger partial charge in [-0.1, -0.05) is 34.4 Å². The molecule has 2 aromatic rings. The minimum Gasteiger partial charge on any atom is -0.492 e. The Bertz CT molecular complexity index is 629. The molecule has 112 valence electrons. The Balaban J connectivity index is 2.19. The van der Waals surface area contributed by atoms with E-state index < -0.39 is 0 Å². The average Bonchev–Trinajstić information content (AvgIpc) is 2.88. The summed E-state index contributed by atoms with van der Waals surface area (Å²) in [6, 6.07) is 3.45. The van der Waals surface area contributed by atoms with Gasteiger partial charge in [-0.15, -0.1) is 6.58 Å². The van der Waals surface area contributed by atoms with Crippen molar-refractivity contribution in [2.75, 3.05) is 11.9 Å². The highest BCUT2D eigenvalue weighted by molar-refractivity contribution is 6.35. The summed E-state index contributed by atoms with van der Waals surface area (Å²) < 4.78 is 7.16. The number of anilines is 1. The van der Waals surface area contributed by atoms with Crippen molar-refractivity contribution in [1.29, 1.82) is 0 Å². The first-order valence-electron chi connectivity index (χ1n) is 6.37. The number of aromatic nitrogens is 4. The zero-order valence-electron chi connectivity index (χ0n) is 11.5. The second-order valence-electron chi connectivity index (χ2n) is 4.14. The fourth-order valence-electron chi connectivity index (χ4n) is 1.80. The van der Waals surface area contributed by atoms with Crippen LogP contribution in [0.2, 0.25) is 10.0 Å². The molecular formula is C13H15Cl2N5O. The lowest BCUT2D eigenvalue weighted by Gasteiger charge is -2.13. The van der Waals surface area contributed by atoms with Crippen LogP contribution in [0.4, 0.5) is 5.95 Å². The third-order valence-corrected chi connectivity index (χ3v) is 3.14. The third kappa shape index (κ3) is 3.86. The predicted octanol–water partition coefficient (Wildman–Crippen LogP) is 3.18. The topological polar surface area (TPSA) is 64.9 Å². The quantitative estimate of drug-likeness (QED) is 0.791. The monoisotopic (exact) mass is 327 g/mol. The highest BCUT2D eigenvalue weighted by Gasteiger charge is 2.12. The number of nitrogens with zero attached hydrogens (tertiary/aromatic N) is 4. The fourth-order valence-corrected chi connectivity index (χ4v) is 2.39. The summed E-state index contributed by atoms with van der Waals surface area (Å²) in [4.78, 5) is 0. The zero-order valence-corrected chi connectivity index (χ0v) is 13.0. The molecule has 1 aromatic carbocycles. The summed E-state index contributed by atoms with van der Waals surface area (Å²) in [7, 11) is 0. The van der Waals surface area contributed by atoms with E-state index in [4.69, 9.17) is 27.9 Å². The number of rotatable bonds is 7. The van der Waals surface area contributed by atoms with Gasteiger partial charge in [0, 0.05) is 17.1 Å². The molecule has 1 N–H and O–H groups in total. The molecule has 0 saturated carbocycles. The first-order valence-corrected chi connectivity index (χ1v) is 7.13. The SMILES string of the molecule is C=CCn1nnnc1NCc1cc(Cl)cc(Cl)c1OCC. The van der Waals surface area contributed by atoms with Gasteiger partial charge >= 0.3 is 0 Å². The number of halogens is 2. The van der Waals surface area contributed by atoms with Gasteiger partial charge in [-0.3, -0.25) is 0 Å². The summed E-state index contributed by atoms with van der Waals surface area (Å²) in [5, 5.41) is 15.5. The van der Waals surface area contributed by atoms with E-state index in [-0.39, 0.29) is 0 Å². The molecule has 0 radical (unpaired) electrons. The smallest absolute Gasteiger partial charge is 0.243 e. The Morgan fingerprint density at radius 1 is 1.43 bits per heavy atom. The molecule has 0 aliphatic heterocycles. The summed E-state index contributed by atoms with van der Waals surface area (Å²) in [5.41, 5.74) is 0.836. The van der Waals surface area contributed by atoms with E-state index in [9.17, 15) is 0 Å². The molecular weight excluding hydrogens is 313 g/mol. The average molecular weight is 328 g/mol. The maximum Gasteiger partial charge on any atom is 0.243 e. The molecule has 1 heterocycles. The van der Waals surface area contributed by atoms with Crippen molar-refractivity contribution in [3.63, 3.8) is 0 Å². The highest BCUT2D eigenvalue weighted by Crippen LogP contribution is 2.32. The number of tetrazole rings is 1. The molecule has 0 fully saturated rings. The van der Waals surface area contributed by atoms with Crippen LogP contribution in [0.25, 0.3) is 0 Å². The van der Waals surface area contributed by atoms with E-state index in [0.29, 0.717) is 41.4 Å². The number of allylic oxidation sites excluding steroid dienone is 1. The predicted molar refractivity (Wildman–Crippen MR) is 83.0 cm³/mol. The van der Waals surface area contributed by atoms with Gasteiger partial charge in [-0.2, -0.15) is 0 Å². The number of benzene rings is 1. The van der Waals surface area contributed by atoms with Crippen molar-refractivity contribution >= 4 is 29.2 Å². The van der Waals surface area contributed by atoms with Crippen molar-refractivity contribution in [1.82, 2.24) is 20.2 Å². The first kappa shape index (κ1) is 15.6. The number of hydrogen-bond donors (Lipinski definition) is 1. The molecule has 0 atom stereocenters. The minimum atomic E-state index is 0.438. The van der Waals surface area contributed by atoms with Gasteiger partial charge in [0.1, 0.15) is 5.75 Å². The molecule has 8 heteroatoms. The van der Waals surface area contributed by atoms with Gasteiger partial charge in [0.2, 0.25) is 5.95 Å². The normalized spacial score (nSPS) is 10.4. The highest BCUT2D eigenvalue weighted by atomic mass is 35.5. The van der Waals surface area contributed by atoms with Crippen LogP contribution in [0, 0.1) is 0 Å². The zero-order chi connectivity index (χ0) is 15.2. The Morgan fingerprint density at radius 2 is 2.24 bits per heavy atom. The van der Waals surface area contributed by atoms with E-state index in [1.807, 2.05) is 6.92 Å². The lowest BCUT2D eigenvalue weighted by molar-refractivity contribution is 0.337. The molecule has 0 aliphatic rings. The van der Waals surface area contributed by atoms with Gasteiger partial charge in [0.05, 0.1) is 18.2 Å². The molecule has 0 saturated heterocycles. The second-order valence-corrected chi connectivity index (χ2v) is 4.98. The Labute approximate surface area is 132 Å². The van der Waals surface area contributed by atoms with Gasteiger partial charge in [0.15, 0.2) is 0 Å². The molecule has 2 rings (SSSR count). The van der Waals surface area contributed by atoms with Crippen LogP contribution in [0.15, 0.2) is 24.8 Å². The van der Waals surface area contributed by atoms with E-state index >= 15 is 0 Å². The van der Waals surface area contributed by atoms with E-state index in [1.54, 1.807) is 22.9 Å². The summed E-state index contributed by atoms with van der Waals surface area (Å²) in [6.07, 6.45) is 1.71. The van der Waals surface area contributed by atoms with Crippen LogP contribution in [0.3, 0.4) is 0 Å². The largest absolute Gasteiger partial charge is 0.492 e. The third-order valence-electron chi connectivity index (χ3n) is 2.64. The van der Waals surface area contributed by atoms with Crippen LogP contribution in [-0.4, -0.2) is 26.8 Å². The van der Waals surface area contributed by atoms with Crippen molar-refractivity contribution in [3.05, 3.63) is 40.4 Å². The maximum absolute atomic E-state index is 6.16. The summed E-state index contributed by atoms with van der Waals surface area (Å²) in [5.74, 6) is 1.15. The summed E-state index contributed by atoms with van der Waals surface area (Å²) >= 11 is 12.2. The number of hydrogen-bond acceptors (Lipinski definition) is 5. The van der Waals surface area contributed by atoms with Crippen molar-refractivity contribution < 1.29 is 4.74 Å². The maximum atomic E-state index is 6.16. The molecule has 0 bridgehead atoms. The molecule has 0 unspecified atom stereocenters. The van der Waals surface area contributed by atoms with Crippen molar-refractivity contribution in [3.8, 4) is 5.75 Å². The number of nitrogens with one attached hydrogen (secondary N) is 1. The molecule has 0 aliphatic carbocycles. The molecule has 0 amide bonds.